The molecule has 0 saturated heterocycles. The molecule has 0 aromatic heterocycles. The largest absolute Gasteiger partial charge is 0.318 e. The van der Waals surface area contributed by atoms with Crippen LogP contribution >= 0.6 is 23.2 Å². The quantitative estimate of drug-likeness (QED) is 0.851. The Bertz CT molecular complexity index is 377. The van der Waals surface area contributed by atoms with Crippen molar-refractivity contribution >= 4 is 29.0 Å². The van der Waals surface area contributed by atoms with Gasteiger partial charge in [0.15, 0.2) is 5.78 Å². The molecule has 0 amide bonds. The Morgan fingerprint density at radius 3 is 2.50 bits per heavy atom. The van der Waals surface area contributed by atoms with E-state index < -0.39 is 6.04 Å². The standard InChI is InChI=1S/C10H11Cl2NO/c1-5-7(10(13)6(2)14)3-4-8(11)9(5)12/h3-4,10H,13H2,1-2H3. The van der Waals surface area contributed by atoms with Gasteiger partial charge in [-0.2, -0.15) is 0 Å². The molecule has 0 bridgehead atoms. The number of benzene rings is 1. The van der Waals surface area contributed by atoms with Crippen LogP contribution in [0.1, 0.15) is 24.1 Å². The van der Waals surface area contributed by atoms with Crippen LogP contribution in [0.5, 0.6) is 0 Å². The van der Waals surface area contributed by atoms with E-state index in [0.29, 0.717) is 10.0 Å². The van der Waals surface area contributed by atoms with E-state index in [2.05, 4.69) is 0 Å². The highest BCUT2D eigenvalue weighted by Crippen LogP contribution is 2.30. The van der Waals surface area contributed by atoms with Crippen LogP contribution in [0.4, 0.5) is 0 Å². The number of nitrogens with two attached hydrogens (primary N) is 1. The van der Waals surface area contributed by atoms with Gasteiger partial charge in [0, 0.05) is 0 Å². The molecule has 0 fully saturated rings. The summed E-state index contributed by atoms with van der Waals surface area (Å²) in [5, 5.41) is 0.935. The van der Waals surface area contributed by atoms with Crippen LogP contribution in [0.2, 0.25) is 10.0 Å². The third-order valence-corrected chi connectivity index (χ3v) is 3.05. The summed E-state index contributed by atoms with van der Waals surface area (Å²) in [6, 6.07) is 2.76. The number of carbonyl (C=O) groups excluding carboxylic acids is 1. The van der Waals surface area contributed by atoms with E-state index in [1.165, 1.54) is 6.92 Å². The molecule has 1 rings (SSSR count). The summed E-state index contributed by atoms with van der Waals surface area (Å²) in [4.78, 5) is 11.1. The van der Waals surface area contributed by atoms with Gasteiger partial charge in [0.25, 0.3) is 0 Å². The lowest BCUT2D eigenvalue weighted by Crippen LogP contribution is -2.19. The Hall–Kier alpha value is -0.570. The Kier molecular flexibility index (Phi) is 3.53. The van der Waals surface area contributed by atoms with Crippen molar-refractivity contribution in [3.8, 4) is 0 Å². The maximum absolute atomic E-state index is 11.1. The molecule has 1 aromatic carbocycles. The lowest BCUT2D eigenvalue weighted by molar-refractivity contribution is -0.118. The molecule has 0 aliphatic carbocycles. The van der Waals surface area contributed by atoms with Crippen LogP contribution in [0.15, 0.2) is 12.1 Å². The van der Waals surface area contributed by atoms with Crippen LogP contribution in [0, 0.1) is 6.92 Å². The second kappa shape index (κ2) is 4.30. The van der Waals surface area contributed by atoms with Gasteiger partial charge in [-0.1, -0.05) is 29.3 Å². The van der Waals surface area contributed by atoms with E-state index in [-0.39, 0.29) is 5.78 Å². The van der Waals surface area contributed by atoms with Crippen molar-refractivity contribution in [3.63, 3.8) is 0 Å². The van der Waals surface area contributed by atoms with Gasteiger partial charge in [-0.15, -0.1) is 0 Å². The number of hydrogen-bond acceptors (Lipinski definition) is 2. The van der Waals surface area contributed by atoms with Crippen molar-refractivity contribution in [1.82, 2.24) is 0 Å². The third kappa shape index (κ3) is 2.08. The number of rotatable bonds is 2. The zero-order valence-electron chi connectivity index (χ0n) is 7.97. The van der Waals surface area contributed by atoms with Gasteiger partial charge in [0.05, 0.1) is 16.1 Å². The van der Waals surface area contributed by atoms with Gasteiger partial charge in [-0.05, 0) is 31.0 Å². The average molecular weight is 232 g/mol. The first-order chi connectivity index (χ1) is 6.45. The lowest BCUT2D eigenvalue weighted by atomic mass is 9.99. The molecule has 2 nitrogen and oxygen atoms in total. The molecule has 1 unspecified atom stereocenters. The van der Waals surface area contributed by atoms with Crippen molar-refractivity contribution in [2.75, 3.05) is 0 Å². The fraction of sp³-hybridized carbons (Fsp3) is 0.300. The van der Waals surface area contributed by atoms with Crippen molar-refractivity contribution < 1.29 is 4.79 Å². The Morgan fingerprint density at radius 1 is 1.43 bits per heavy atom. The summed E-state index contributed by atoms with van der Waals surface area (Å²) in [5.41, 5.74) is 7.20. The van der Waals surface area contributed by atoms with Gasteiger partial charge in [-0.3, -0.25) is 4.79 Å². The van der Waals surface area contributed by atoms with E-state index in [4.69, 9.17) is 28.9 Å². The van der Waals surface area contributed by atoms with E-state index in [9.17, 15) is 4.79 Å². The number of ketones is 1. The van der Waals surface area contributed by atoms with Crippen LogP contribution in [-0.4, -0.2) is 5.78 Å². The van der Waals surface area contributed by atoms with Crippen LogP contribution < -0.4 is 5.73 Å². The smallest absolute Gasteiger partial charge is 0.150 e. The number of carbonyl (C=O) groups is 1. The number of halogens is 2. The lowest BCUT2D eigenvalue weighted by Gasteiger charge is -2.13. The third-order valence-electron chi connectivity index (χ3n) is 2.15. The summed E-state index contributed by atoms with van der Waals surface area (Å²) in [6.07, 6.45) is 0. The van der Waals surface area contributed by atoms with Crippen LogP contribution in [-0.2, 0) is 4.79 Å². The molecule has 1 atom stereocenters. The van der Waals surface area contributed by atoms with Gasteiger partial charge < -0.3 is 5.73 Å². The highest BCUT2D eigenvalue weighted by Gasteiger charge is 2.16. The number of hydrogen-bond donors (Lipinski definition) is 1. The Labute approximate surface area is 93.0 Å². The molecule has 2 N–H and O–H groups in total. The zero-order chi connectivity index (χ0) is 10.9. The molecule has 0 heterocycles. The molecule has 14 heavy (non-hydrogen) atoms. The first kappa shape index (κ1) is 11.5. The topological polar surface area (TPSA) is 43.1 Å². The minimum Gasteiger partial charge on any atom is -0.318 e. The predicted octanol–water partition coefficient (Wildman–Crippen LogP) is 2.89. The Morgan fingerprint density at radius 2 is 2.00 bits per heavy atom. The maximum Gasteiger partial charge on any atom is 0.150 e. The van der Waals surface area contributed by atoms with Gasteiger partial charge in [-0.25, -0.2) is 0 Å². The molecule has 0 radical (unpaired) electrons. The highest BCUT2D eigenvalue weighted by molar-refractivity contribution is 6.42. The first-order valence-electron chi connectivity index (χ1n) is 4.15. The van der Waals surface area contributed by atoms with E-state index >= 15 is 0 Å². The van der Waals surface area contributed by atoms with E-state index in [1.807, 2.05) is 0 Å². The second-order valence-corrected chi connectivity index (χ2v) is 3.95. The molecular formula is C10H11Cl2NO. The molecule has 0 aliphatic rings. The van der Waals surface area contributed by atoms with Crippen molar-refractivity contribution in [2.24, 2.45) is 5.73 Å². The zero-order valence-corrected chi connectivity index (χ0v) is 9.49. The van der Waals surface area contributed by atoms with Crippen LogP contribution in [0.3, 0.4) is 0 Å². The minimum atomic E-state index is -0.621. The average Bonchev–Trinajstić information content (AvgIpc) is 2.13. The fourth-order valence-corrected chi connectivity index (χ4v) is 1.60. The monoisotopic (exact) mass is 231 g/mol. The minimum absolute atomic E-state index is 0.0912. The SMILES string of the molecule is CC(=O)C(N)c1ccc(Cl)c(Cl)c1C. The maximum atomic E-state index is 11.1. The van der Waals surface area contributed by atoms with Gasteiger partial charge in [0.1, 0.15) is 0 Å². The molecule has 0 aliphatic heterocycles. The fourth-order valence-electron chi connectivity index (χ4n) is 1.22. The summed E-state index contributed by atoms with van der Waals surface area (Å²) < 4.78 is 0. The van der Waals surface area contributed by atoms with Crippen molar-refractivity contribution in [2.45, 2.75) is 19.9 Å². The first-order valence-corrected chi connectivity index (χ1v) is 4.91. The van der Waals surface area contributed by atoms with Gasteiger partial charge >= 0.3 is 0 Å². The summed E-state index contributed by atoms with van der Waals surface area (Å²) in [7, 11) is 0. The van der Waals surface area contributed by atoms with E-state index in [1.54, 1.807) is 19.1 Å². The summed E-state index contributed by atoms with van der Waals surface area (Å²) in [5.74, 6) is -0.0912. The van der Waals surface area contributed by atoms with Crippen molar-refractivity contribution in [1.29, 1.82) is 0 Å². The molecule has 0 saturated carbocycles. The van der Waals surface area contributed by atoms with Gasteiger partial charge in [0.2, 0.25) is 0 Å². The van der Waals surface area contributed by atoms with Crippen LogP contribution in [0.25, 0.3) is 0 Å². The van der Waals surface area contributed by atoms with E-state index in [0.717, 1.165) is 11.1 Å². The summed E-state index contributed by atoms with van der Waals surface area (Å²) >= 11 is 11.7. The molecule has 1 aromatic rings. The molecule has 76 valence electrons. The second-order valence-electron chi connectivity index (χ2n) is 3.16. The number of Topliss-reactive ketones (excluding diaryl/α,β-unsaturated/α-hetero) is 1. The molecule has 0 spiro atoms. The Balaban J connectivity index is 3.24. The molecular weight excluding hydrogens is 221 g/mol. The summed E-state index contributed by atoms with van der Waals surface area (Å²) in [6.45, 7) is 3.25. The predicted molar refractivity (Wildman–Crippen MR) is 58.8 cm³/mol. The molecule has 4 heteroatoms. The highest BCUT2D eigenvalue weighted by atomic mass is 35.5. The normalized spacial score (nSPS) is 12.6. The van der Waals surface area contributed by atoms with Crippen molar-refractivity contribution in [3.05, 3.63) is 33.3 Å².